The predicted molar refractivity (Wildman–Crippen MR) is 107 cm³/mol. The van der Waals surface area contributed by atoms with Crippen LogP contribution in [0.4, 0.5) is 5.69 Å². The minimum Gasteiger partial charge on any atom is -0.380 e. The quantitative estimate of drug-likeness (QED) is 0.649. The highest BCUT2D eigenvalue weighted by Gasteiger charge is 2.09. The first kappa shape index (κ1) is 18.8. The van der Waals surface area contributed by atoms with Crippen molar-refractivity contribution >= 4 is 28.8 Å². The van der Waals surface area contributed by atoms with E-state index in [1.807, 2.05) is 35.7 Å². The molecule has 0 aliphatic heterocycles. The van der Waals surface area contributed by atoms with Gasteiger partial charge in [-0.2, -0.15) is 0 Å². The van der Waals surface area contributed by atoms with Gasteiger partial charge in [0.1, 0.15) is 0 Å². The SMILES string of the molecule is COCc1ccccc1CNC(=O)c1ccc(NC(=O)c2cccs2)cc1. The number of rotatable bonds is 7. The summed E-state index contributed by atoms with van der Waals surface area (Å²) in [5.41, 5.74) is 3.25. The average Bonchev–Trinajstić information content (AvgIpc) is 3.23. The van der Waals surface area contributed by atoms with Crippen molar-refractivity contribution in [3.05, 3.63) is 87.6 Å². The number of ether oxygens (including phenoxy) is 1. The van der Waals surface area contributed by atoms with Crippen molar-refractivity contribution < 1.29 is 14.3 Å². The number of hydrogen-bond acceptors (Lipinski definition) is 4. The van der Waals surface area contributed by atoms with Crippen molar-refractivity contribution in [2.45, 2.75) is 13.2 Å². The largest absolute Gasteiger partial charge is 0.380 e. The molecule has 0 spiro atoms. The second-order valence-electron chi connectivity index (χ2n) is 5.89. The Morgan fingerprint density at radius 2 is 1.67 bits per heavy atom. The number of hydrogen-bond donors (Lipinski definition) is 2. The summed E-state index contributed by atoms with van der Waals surface area (Å²) in [7, 11) is 1.65. The van der Waals surface area contributed by atoms with Crippen molar-refractivity contribution in [2.24, 2.45) is 0 Å². The molecular formula is C21H20N2O3S. The molecule has 138 valence electrons. The van der Waals surface area contributed by atoms with E-state index >= 15 is 0 Å². The van der Waals surface area contributed by atoms with Crippen molar-refractivity contribution in [2.75, 3.05) is 12.4 Å². The van der Waals surface area contributed by atoms with Gasteiger partial charge in [0.25, 0.3) is 11.8 Å². The van der Waals surface area contributed by atoms with Gasteiger partial charge in [0, 0.05) is 24.9 Å². The van der Waals surface area contributed by atoms with Crippen LogP contribution in [-0.4, -0.2) is 18.9 Å². The maximum Gasteiger partial charge on any atom is 0.265 e. The molecule has 0 bridgehead atoms. The first-order valence-electron chi connectivity index (χ1n) is 8.46. The highest BCUT2D eigenvalue weighted by Crippen LogP contribution is 2.15. The lowest BCUT2D eigenvalue weighted by molar-refractivity contribution is 0.0950. The lowest BCUT2D eigenvalue weighted by Gasteiger charge is -2.10. The van der Waals surface area contributed by atoms with Gasteiger partial charge >= 0.3 is 0 Å². The molecule has 0 fully saturated rings. The fourth-order valence-corrected chi connectivity index (χ4v) is 3.23. The number of thiophene rings is 1. The van der Waals surface area contributed by atoms with Crippen molar-refractivity contribution in [3.63, 3.8) is 0 Å². The van der Waals surface area contributed by atoms with Crippen LogP contribution in [0, 0.1) is 0 Å². The Kier molecular flexibility index (Phi) is 6.35. The summed E-state index contributed by atoms with van der Waals surface area (Å²) in [6.45, 7) is 0.930. The number of amides is 2. The van der Waals surface area contributed by atoms with Crippen LogP contribution in [-0.2, 0) is 17.9 Å². The van der Waals surface area contributed by atoms with Gasteiger partial charge in [-0.3, -0.25) is 9.59 Å². The fraction of sp³-hybridized carbons (Fsp3) is 0.143. The summed E-state index contributed by atoms with van der Waals surface area (Å²) in [6, 6.07) is 18.3. The Morgan fingerprint density at radius 3 is 2.33 bits per heavy atom. The predicted octanol–water partition coefficient (Wildman–Crippen LogP) is 4.08. The summed E-state index contributed by atoms with van der Waals surface area (Å²) in [4.78, 5) is 25.1. The molecule has 1 aromatic heterocycles. The molecule has 2 N–H and O–H groups in total. The van der Waals surface area contributed by atoms with Gasteiger partial charge in [-0.15, -0.1) is 11.3 Å². The number of methoxy groups -OCH3 is 1. The molecule has 1 heterocycles. The molecule has 0 saturated heterocycles. The molecule has 0 radical (unpaired) electrons. The average molecular weight is 380 g/mol. The third kappa shape index (κ3) is 5.03. The molecule has 6 heteroatoms. The second-order valence-corrected chi connectivity index (χ2v) is 6.84. The van der Waals surface area contributed by atoms with Gasteiger partial charge in [-0.1, -0.05) is 30.3 Å². The molecular weight excluding hydrogens is 360 g/mol. The van der Waals surface area contributed by atoms with E-state index in [9.17, 15) is 9.59 Å². The van der Waals surface area contributed by atoms with Crippen LogP contribution < -0.4 is 10.6 Å². The standard InChI is InChI=1S/C21H20N2O3S/c1-26-14-17-6-3-2-5-16(17)13-22-20(24)15-8-10-18(11-9-15)23-21(25)19-7-4-12-27-19/h2-12H,13-14H2,1H3,(H,22,24)(H,23,25). The van der Waals surface area contributed by atoms with Crippen LogP contribution in [0.15, 0.2) is 66.0 Å². The topological polar surface area (TPSA) is 67.4 Å². The summed E-state index contributed by atoms with van der Waals surface area (Å²) >= 11 is 1.38. The van der Waals surface area contributed by atoms with Crippen molar-refractivity contribution in [1.29, 1.82) is 0 Å². The highest BCUT2D eigenvalue weighted by atomic mass is 32.1. The fourth-order valence-electron chi connectivity index (χ4n) is 2.61. The smallest absolute Gasteiger partial charge is 0.265 e. The third-order valence-corrected chi connectivity index (χ3v) is 4.88. The summed E-state index contributed by atoms with van der Waals surface area (Å²) in [6.07, 6.45) is 0. The highest BCUT2D eigenvalue weighted by molar-refractivity contribution is 7.12. The van der Waals surface area contributed by atoms with Gasteiger partial charge in [-0.25, -0.2) is 0 Å². The van der Waals surface area contributed by atoms with Crippen molar-refractivity contribution in [1.82, 2.24) is 5.32 Å². The first-order valence-corrected chi connectivity index (χ1v) is 9.34. The molecule has 2 aromatic carbocycles. The van der Waals surface area contributed by atoms with Gasteiger partial charge in [0.2, 0.25) is 0 Å². The number of nitrogens with one attached hydrogen (secondary N) is 2. The second kappa shape index (κ2) is 9.12. The number of carbonyl (C=O) groups excluding carboxylic acids is 2. The third-order valence-electron chi connectivity index (χ3n) is 4.01. The molecule has 2 amide bonds. The minimum atomic E-state index is -0.168. The van der Waals surface area contributed by atoms with Crippen LogP contribution in [0.3, 0.4) is 0 Å². The summed E-state index contributed by atoms with van der Waals surface area (Å²) in [5.74, 6) is -0.324. The van der Waals surface area contributed by atoms with E-state index in [-0.39, 0.29) is 11.8 Å². The van der Waals surface area contributed by atoms with Crippen molar-refractivity contribution in [3.8, 4) is 0 Å². The molecule has 3 rings (SSSR count). The zero-order valence-corrected chi connectivity index (χ0v) is 15.7. The maximum atomic E-state index is 12.4. The zero-order valence-electron chi connectivity index (χ0n) is 14.9. The van der Waals surface area contributed by atoms with Gasteiger partial charge in [0.05, 0.1) is 11.5 Å². The first-order chi connectivity index (χ1) is 13.2. The molecule has 0 aliphatic rings. The van der Waals surface area contributed by atoms with E-state index in [0.717, 1.165) is 11.1 Å². The summed E-state index contributed by atoms with van der Waals surface area (Å²) in [5, 5.41) is 7.59. The number of carbonyl (C=O) groups is 2. The van der Waals surface area contributed by atoms with Gasteiger partial charge in [-0.05, 0) is 46.8 Å². The molecule has 27 heavy (non-hydrogen) atoms. The lowest BCUT2D eigenvalue weighted by atomic mass is 10.1. The Bertz CT molecular complexity index is 905. The maximum absolute atomic E-state index is 12.4. The lowest BCUT2D eigenvalue weighted by Crippen LogP contribution is -2.23. The van der Waals surface area contributed by atoms with Crippen LogP contribution in [0.1, 0.15) is 31.2 Å². The molecule has 0 atom stereocenters. The van der Waals surface area contributed by atoms with Gasteiger partial charge in [0.15, 0.2) is 0 Å². The Hall–Kier alpha value is -2.96. The zero-order chi connectivity index (χ0) is 19.1. The number of anilines is 1. The van der Waals surface area contributed by atoms with Crippen LogP contribution in [0.5, 0.6) is 0 Å². The monoisotopic (exact) mass is 380 g/mol. The van der Waals surface area contributed by atoms with Crippen LogP contribution >= 0.6 is 11.3 Å². The Balaban J connectivity index is 1.58. The summed E-state index contributed by atoms with van der Waals surface area (Å²) < 4.78 is 5.19. The molecule has 5 nitrogen and oxygen atoms in total. The van der Waals surface area contributed by atoms with Crippen LogP contribution in [0.2, 0.25) is 0 Å². The molecule has 0 unspecified atom stereocenters. The minimum absolute atomic E-state index is 0.156. The van der Waals surface area contributed by atoms with E-state index in [2.05, 4.69) is 10.6 Å². The molecule has 0 saturated carbocycles. The Labute approximate surface area is 162 Å². The van der Waals surface area contributed by atoms with E-state index in [1.54, 1.807) is 37.4 Å². The van der Waals surface area contributed by atoms with E-state index in [1.165, 1.54) is 11.3 Å². The van der Waals surface area contributed by atoms with Gasteiger partial charge < -0.3 is 15.4 Å². The Morgan fingerprint density at radius 1 is 0.926 bits per heavy atom. The van der Waals surface area contributed by atoms with E-state index in [0.29, 0.717) is 29.3 Å². The van der Waals surface area contributed by atoms with Crippen LogP contribution in [0.25, 0.3) is 0 Å². The van der Waals surface area contributed by atoms with E-state index in [4.69, 9.17) is 4.74 Å². The van der Waals surface area contributed by atoms with E-state index < -0.39 is 0 Å². The molecule has 3 aromatic rings. The number of benzene rings is 2. The normalized spacial score (nSPS) is 10.4. The molecule has 0 aliphatic carbocycles.